The normalized spacial score (nSPS) is 18.3. The van der Waals surface area contributed by atoms with Crippen LogP contribution in [0, 0.1) is 0 Å². The van der Waals surface area contributed by atoms with Crippen LogP contribution in [0.2, 0.25) is 0 Å². The molecule has 3 heterocycles. The molecule has 1 aromatic heterocycles. The van der Waals surface area contributed by atoms with E-state index in [0.717, 1.165) is 46.8 Å². The first kappa shape index (κ1) is 19.2. The number of thiocarbonyl (C=S) groups is 1. The Morgan fingerprint density at radius 2 is 1.83 bits per heavy atom. The van der Waals surface area contributed by atoms with Crippen LogP contribution in [-0.4, -0.2) is 46.5 Å². The minimum Gasteiger partial charge on any atom is -0.378 e. The molecule has 2 aliphatic rings. The van der Waals surface area contributed by atoms with Gasteiger partial charge in [0.2, 0.25) is 0 Å². The van der Waals surface area contributed by atoms with Crippen LogP contribution >= 0.6 is 24.0 Å². The van der Waals surface area contributed by atoms with E-state index in [1.807, 2.05) is 54.6 Å². The molecule has 3 aromatic rings. The summed E-state index contributed by atoms with van der Waals surface area (Å²) in [5.74, 6) is 0.700. The summed E-state index contributed by atoms with van der Waals surface area (Å²) < 4.78 is 6.00. The summed E-state index contributed by atoms with van der Waals surface area (Å²) in [5, 5.41) is 2.65. The molecule has 1 N–H and O–H groups in total. The maximum absolute atomic E-state index is 12.0. The Kier molecular flexibility index (Phi) is 5.20. The van der Waals surface area contributed by atoms with Gasteiger partial charge in [0, 0.05) is 18.7 Å². The number of carbonyl (C=O) groups excluding carboxylic acids is 1. The third kappa shape index (κ3) is 3.81. The van der Waals surface area contributed by atoms with E-state index in [2.05, 4.69) is 10.2 Å². The number of hydrogen-bond acceptors (Lipinski definition) is 7. The first-order valence-electron chi connectivity index (χ1n) is 9.62. The fourth-order valence-corrected chi connectivity index (χ4v) is 4.57. The van der Waals surface area contributed by atoms with E-state index in [-0.39, 0.29) is 5.91 Å². The van der Waals surface area contributed by atoms with Crippen LogP contribution in [-0.2, 0) is 9.53 Å². The van der Waals surface area contributed by atoms with Gasteiger partial charge in [-0.3, -0.25) is 4.79 Å². The lowest BCUT2D eigenvalue weighted by Crippen LogP contribution is -2.37. The molecule has 8 heteroatoms. The predicted molar refractivity (Wildman–Crippen MR) is 124 cm³/mol. The predicted octanol–water partition coefficient (Wildman–Crippen LogP) is 3.62. The summed E-state index contributed by atoms with van der Waals surface area (Å²) in [6.07, 6.45) is 1.85. The molecular formula is C22H18N4O2S2. The summed E-state index contributed by atoms with van der Waals surface area (Å²) in [5.41, 5.74) is 4.42. The van der Waals surface area contributed by atoms with Gasteiger partial charge in [0.25, 0.3) is 5.91 Å². The van der Waals surface area contributed by atoms with Crippen molar-refractivity contribution < 1.29 is 9.53 Å². The summed E-state index contributed by atoms with van der Waals surface area (Å²) in [6, 6.07) is 15.9. The molecular weight excluding hydrogens is 416 g/mol. The lowest BCUT2D eigenvalue weighted by molar-refractivity contribution is -0.115. The third-order valence-electron chi connectivity index (χ3n) is 4.96. The number of thioether (sulfide) groups is 1. The van der Waals surface area contributed by atoms with Crippen molar-refractivity contribution in [3.8, 4) is 11.3 Å². The van der Waals surface area contributed by atoms with Gasteiger partial charge in [-0.15, -0.1) is 0 Å². The number of aromatic nitrogens is 2. The van der Waals surface area contributed by atoms with Gasteiger partial charge in [-0.1, -0.05) is 54.3 Å². The van der Waals surface area contributed by atoms with E-state index in [4.69, 9.17) is 26.9 Å². The Hall–Kier alpha value is -2.81. The van der Waals surface area contributed by atoms with Gasteiger partial charge in [-0.2, -0.15) is 0 Å². The molecule has 1 amide bonds. The number of amides is 1. The van der Waals surface area contributed by atoms with Gasteiger partial charge in [0.1, 0.15) is 10.0 Å². The lowest BCUT2D eigenvalue weighted by atomic mass is 10.1. The zero-order chi connectivity index (χ0) is 20.5. The van der Waals surface area contributed by atoms with Crippen LogP contribution in [0.3, 0.4) is 0 Å². The van der Waals surface area contributed by atoms with Gasteiger partial charge in [-0.05, 0) is 29.8 Å². The van der Waals surface area contributed by atoms with E-state index in [1.165, 1.54) is 11.8 Å². The Labute approximate surface area is 183 Å². The molecule has 0 radical (unpaired) electrons. The van der Waals surface area contributed by atoms with Crippen molar-refractivity contribution in [1.29, 1.82) is 0 Å². The summed E-state index contributed by atoms with van der Waals surface area (Å²) in [6.45, 7) is 2.90. The number of nitrogens with one attached hydrogen (secondary N) is 1. The monoisotopic (exact) mass is 434 g/mol. The molecule has 2 saturated heterocycles. The van der Waals surface area contributed by atoms with Crippen molar-refractivity contribution in [2.45, 2.75) is 0 Å². The maximum atomic E-state index is 12.0. The molecule has 2 aliphatic heterocycles. The highest BCUT2D eigenvalue weighted by atomic mass is 32.2. The Morgan fingerprint density at radius 1 is 1.07 bits per heavy atom. The first-order valence-corrected chi connectivity index (χ1v) is 10.8. The summed E-state index contributed by atoms with van der Waals surface area (Å²) in [4.78, 5) is 24.7. The number of benzene rings is 2. The van der Waals surface area contributed by atoms with Crippen LogP contribution in [0.15, 0.2) is 53.4 Å². The number of rotatable bonds is 3. The van der Waals surface area contributed by atoms with Crippen molar-refractivity contribution in [3.05, 3.63) is 59.0 Å². The zero-order valence-electron chi connectivity index (χ0n) is 16.0. The molecule has 2 aromatic carbocycles. The number of anilines is 1. The molecule has 0 unspecified atom stereocenters. The zero-order valence-corrected chi connectivity index (χ0v) is 17.6. The van der Waals surface area contributed by atoms with E-state index in [1.54, 1.807) is 0 Å². The highest BCUT2D eigenvalue weighted by Crippen LogP contribution is 2.32. The lowest BCUT2D eigenvalue weighted by Gasteiger charge is -2.29. The molecule has 0 atom stereocenters. The second-order valence-corrected chi connectivity index (χ2v) is 8.68. The molecule has 0 spiro atoms. The molecule has 0 aliphatic carbocycles. The van der Waals surface area contributed by atoms with E-state index in [9.17, 15) is 4.79 Å². The fraction of sp³-hybridized carbons (Fsp3) is 0.182. The number of morpholine rings is 1. The summed E-state index contributed by atoms with van der Waals surface area (Å²) >= 11 is 6.36. The van der Waals surface area contributed by atoms with Crippen molar-refractivity contribution in [1.82, 2.24) is 15.3 Å². The maximum Gasteiger partial charge on any atom is 0.263 e. The van der Waals surface area contributed by atoms with Gasteiger partial charge in [0.15, 0.2) is 5.82 Å². The highest BCUT2D eigenvalue weighted by Gasteiger charge is 2.23. The smallest absolute Gasteiger partial charge is 0.263 e. The minimum absolute atomic E-state index is 0.157. The average molecular weight is 435 g/mol. The Balaban J connectivity index is 1.61. The number of nitrogens with zero attached hydrogens (tertiary/aromatic N) is 3. The fourth-order valence-electron chi connectivity index (χ4n) is 3.53. The third-order valence-corrected chi connectivity index (χ3v) is 6.13. The molecule has 6 nitrogen and oxygen atoms in total. The van der Waals surface area contributed by atoms with Crippen LogP contribution in [0.25, 0.3) is 28.4 Å². The largest absolute Gasteiger partial charge is 0.378 e. The van der Waals surface area contributed by atoms with Crippen molar-refractivity contribution >= 4 is 57.1 Å². The topological polar surface area (TPSA) is 67.4 Å². The van der Waals surface area contributed by atoms with Gasteiger partial charge in [-0.25, -0.2) is 9.97 Å². The van der Waals surface area contributed by atoms with Gasteiger partial charge < -0.3 is 15.0 Å². The van der Waals surface area contributed by atoms with Crippen LogP contribution < -0.4 is 10.2 Å². The van der Waals surface area contributed by atoms with Gasteiger partial charge in [0.05, 0.1) is 29.2 Å². The molecule has 150 valence electrons. The van der Waals surface area contributed by atoms with E-state index >= 15 is 0 Å². The second kappa shape index (κ2) is 8.14. The first-order chi connectivity index (χ1) is 14.7. The quantitative estimate of drug-likeness (QED) is 0.499. The van der Waals surface area contributed by atoms with Crippen molar-refractivity contribution in [3.63, 3.8) is 0 Å². The molecule has 0 bridgehead atoms. The number of carbonyl (C=O) groups is 1. The standard InChI is InChI=1S/C22H18N4O2S2/c27-21-18(30-22(29)25-21)13-14-4-3-5-15(12-14)19-20(26-8-10-28-11-9-26)24-17-7-2-1-6-16(17)23-19/h1-7,12-13H,8-11H2,(H,25,27,29). The van der Waals surface area contributed by atoms with E-state index < -0.39 is 0 Å². The Bertz CT molecular complexity index is 1190. The molecule has 0 saturated carbocycles. The number of para-hydroxylation sites is 2. The second-order valence-electron chi connectivity index (χ2n) is 6.96. The van der Waals surface area contributed by atoms with Crippen LogP contribution in [0.4, 0.5) is 5.82 Å². The summed E-state index contributed by atoms with van der Waals surface area (Å²) in [7, 11) is 0. The van der Waals surface area contributed by atoms with Crippen molar-refractivity contribution in [2.24, 2.45) is 0 Å². The van der Waals surface area contributed by atoms with E-state index in [0.29, 0.717) is 22.4 Å². The number of ether oxygens (including phenoxy) is 1. The van der Waals surface area contributed by atoms with Crippen molar-refractivity contribution in [2.75, 3.05) is 31.2 Å². The van der Waals surface area contributed by atoms with Crippen LogP contribution in [0.1, 0.15) is 5.56 Å². The molecule has 30 heavy (non-hydrogen) atoms. The number of fused-ring (bicyclic) bond motifs is 1. The van der Waals surface area contributed by atoms with Gasteiger partial charge >= 0.3 is 0 Å². The Morgan fingerprint density at radius 3 is 2.57 bits per heavy atom. The molecule has 5 rings (SSSR count). The minimum atomic E-state index is -0.157. The number of hydrogen-bond donors (Lipinski definition) is 1. The SMILES string of the molecule is O=C1NC(=S)SC1=Cc1cccc(-c2nc3ccccc3nc2N2CCOCC2)c1. The molecule has 2 fully saturated rings. The highest BCUT2D eigenvalue weighted by molar-refractivity contribution is 8.26. The average Bonchev–Trinajstić information content (AvgIpc) is 3.10. The van der Waals surface area contributed by atoms with Crippen LogP contribution in [0.5, 0.6) is 0 Å².